The van der Waals surface area contributed by atoms with Crippen LogP contribution in [0.4, 0.5) is 5.82 Å². The lowest BCUT2D eigenvalue weighted by Crippen LogP contribution is -2.32. The molecule has 32 heavy (non-hydrogen) atoms. The molecule has 1 aromatic heterocycles. The number of carbonyl (C=O) groups excluding carboxylic acids is 2. The topological polar surface area (TPSA) is 111 Å². The van der Waals surface area contributed by atoms with Crippen LogP contribution in [-0.2, 0) is 19.6 Å². The first-order chi connectivity index (χ1) is 15.2. The lowest BCUT2D eigenvalue weighted by molar-refractivity contribution is -0.123. The van der Waals surface area contributed by atoms with E-state index in [2.05, 4.69) is 10.4 Å². The minimum Gasteiger partial charge on any atom is -0.449 e. The molecule has 0 aliphatic carbocycles. The lowest BCUT2D eigenvalue weighted by Gasteiger charge is -2.20. The molecule has 1 aromatic carbocycles. The van der Waals surface area contributed by atoms with E-state index in [0.29, 0.717) is 18.9 Å². The minimum absolute atomic E-state index is 0.0480. The van der Waals surface area contributed by atoms with Gasteiger partial charge in [-0.25, -0.2) is 17.9 Å². The van der Waals surface area contributed by atoms with Crippen LogP contribution in [0, 0.1) is 0 Å². The van der Waals surface area contributed by atoms with E-state index in [-0.39, 0.29) is 16.5 Å². The molecule has 10 heteroatoms. The van der Waals surface area contributed by atoms with Gasteiger partial charge in [0.2, 0.25) is 10.0 Å². The Morgan fingerprint density at radius 1 is 1.06 bits per heavy atom. The average molecular weight is 463 g/mol. The van der Waals surface area contributed by atoms with Crippen LogP contribution in [0.25, 0.3) is 0 Å². The molecule has 0 spiro atoms. The molecule has 1 fully saturated rings. The van der Waals surface area contributed by atoms with E-state index >= 15 is 0 Å². The Hall–Kier alpha value is -2.72. The van der Waals surface area contributed by atoms with Gasteiger partial charge in [-0.15, -0.1) is 0 Å². The van der Waals surface area contributed by atoms with Crippen LogP contribution in [0.15, 0.2) is 41.4 Å². The van der Waals surface area contributed by atoms with E-state index in [9.17, 15) is 18.0 Å². The molecule has 0 radical (unpaired) electrons. The number of nitrogens with one attached hydrogen (secondary N) is 1. The third kappa shape index (κ3) is 5.55. The third-order valence-electron chi connectivity index (χ3n) is 5.34. The summed E-state index contributed by atoms with van der Waals surface area (Å²) >= 11 is 0. The van der Waals surface area contributed by atoms with Gasteiger partial charge in [-0.1, -0.05) is 18.9 Å². The zero-order valence-corrected chi connectivity index (χ0v) is 19.5. The van der Waals surface area contributed by atoms with E-state index in [4.69, 9.17) is 4.74 Å². The van der Waals surface area contributed by atoms with Crippen LogP contribution in [-0.4, -0.2) is 53.6 Å². The van der Waals surface area contributed by atoms with Gasteiger partial charge >= 0.3 is 5.97 Å². The van der Waals surface area contributed by atoms with Crippen LogP contribution in [0.3, 0.4) is 0 Å². The number of nitrogens with zero attached hydrogens (tertiary/aromatic N) is 3. The van der Waals surface area contributed by atoms with Crippen molar-refractivity contribution in [1.82, 2.24) is 14.1 Å². The van der Waals surface area contributed by atoms with Gasteiger partial charge in [0.05, 0.1) is 16.7 Å². The molecule has 1 N–H and O–H groups in total. The Bertz CT molecular complexity index is 1060. The van der Waals surface area contributed by atoms with E-state index < -0.39 is 28.0 Å². The lowest BCUT2D eigenvalue weighted by atomic mass is 10.2. The summed E-state index contributed by atoms with van der Waals surface area (Å²) in [5.41, 5.74) is 0.0766. The molecule has 1 aliphatic rings. The van der Waals surface area contributed by atoms with Crippen molar-refractivity contribution in [2.24, 2.45) is 0 Å². The van der Waals surface area contributed by atoms with Gasteiger partial charge < -0.3 is 10.1 Å². The van der Waals surface area contributed by atoms with Crippen LogP contribution >= 0.6 is 0 Å². The van der Waals surface area contributed by atoms with Crippen LogP contribution in [0.5, 0.6) is 0 Å². The second-order valence-corrected chi connectivity index (χ2v) is 10.1. The van der Waals surface area contributed by atoms with E-state index in [0.717, 1.165) is 25.7 Å². The van der Waals surface area contributed by atoms with Crippen LogP contribution in [0.1, 0.15) is 62.9 Å². The van der Waals surface area contributed by atoms with E-state index in [1.807, 2.05) is 13.8 Å². The van der Waals surface area contributed by atoms with Gasteiger partial charge in [0.25, 0.3) is 5.91 Å². The van der Waals surface area contributed by atoms with Crippen molar-refractivity contribution in [3.8, 4) is 0 Å². The zero-order valence-electron chi connectivity index (χ0n) is 18.7. The maximum Gasteiger partial charge on any atom is 0.338 e. The first-order valence-electron chi connectivity index (χ1n) is 10.9. The van der Waals surface area contributed by atoms with Crippen molar-refractivity contribution >= 4 is 27.7 Å². The number of esters is 1. The number of carbonyl (C=O) groups is 2. The van der Waals surface area contributed by atoms with Crippen molar-refractivity contribution in [2.75, 3.05) is 18.4 Å². The van der Waals surface area contributed by atoms with Gasteiger partial charge in [0, 0.05) is 25.2 Å². The van der Waals surface area contributed by atoms with Crippen molar-refractivity contribution in [3.63, 3.8) is 0 Å². The molecule has 174 valence electrons. The van der Waals surface area contributed by atoms with Crippen molar-refractivity contribution in [2.45, 2.75) is 63.5 Å². The molecular weight excluding hydrogens is 432 g/mol. The fraction of sp³-hybridized carbons (Fsp3) is 0.500. The van der Waals surface area contributed by atoms with E-state index in [1.165, 1.54) is 35.5 Å². The highest BCUT2D eigenvalue weighted by molar-refractivity contribution is 7.89. The molecule has 1 amide bonds. The number of amides is 1. The second kappa shape index (κ2) is 10.3. The smallest absolute Gasteiger partial charge is 0.338 e. The number of sulfonamides is 1. The molecule has 1 atom stereocenters. The Kier molecular flexibility index (Phi) is 7.68. The molecule has 9 nitrogen and oxygen atoms in total. The number of ether oxygens (including phenoxy) is 1. The Labute approximate surface area is 188 Å². The molecule has 1 aliphatic heterocycles. The summed E-state index contributed by atoms with van der Waals surface area (Å²) < 4.78 is 34.4. The first kappa shape index (κ1) is 23.9. The zero-order chi connectivity index (χ0) is 23.3. The third-order valence-corrected chi connectivity index (χ3v) is 7.23. The summed E-state index contributed by atoms with van der Waals surface area (Å²) in [6, 6.07) is 7.47. The molecule has 1 saturated heterocycles. The fourth-order valence-corrected chi connectivity index (χ4v) is 5.11. The molecule has 0 unspecified atom stereocenters. The highest BCUT2D eigenvalue weighted by atomic mass is 32.2. The van der Waals surface area contributed by atoms with E-state index in [1.54, 1.807) is 16.9 Å². The molecular formula is C22H30N4O5S. The van der Waals surface area contributed by atoms with Gasteiger partial charge in [0.15, 0.2) is 6.10 Å². The standard InChI is InChI=1S/C22H30N4O5S/c1-16(2)26-20(11-12-23-26)24-21(27)17(3)31-22(28)18-9-8-10-19(15-18)32(29,30)25-13-6-4-5-7-14-25/h8-12,15-17H,4-7,13-14H2,1-3H3,(H,24,27)/t17-/m0/s1. The fourth-order valence-electron chi connectivity index (χ4n) is 3.55. The summed E-state index contributed by atoms with van der Waals surface area (Å²) in [4.78, 5) is 25.2. The number of hydrogen-bond donors (Lipinski definition) is 1. The second-order valence-electron chi connectivity index (χ2n) is 8.14. The molecule has 2 aromatic rings. The van der Waals surface area contributed by atoms with Gasteiger partial charge in [-0.05, 0) is 51.8 Å². The normalized spacial score (nSPS) is 16.4. The molecule has 2 heterocycles. The SMILES string of the molecule is CC(C)n1nccc1NC(=O)[C@H](C)OC(=O)c1cccc(S(=O)(=O)N2CCCCCC2)c1. The Balaban J connectivity index is 1.68. The highest BCUT2D eigenvalue weighted by Crippen LogP contribution is 2.22. The van der Waals surface area contributed by atoms with Crippen LogP contribution < -0.4 is 5.32 Å². The maximum atomic E-state index is 13.0. The summed E-state index contributed by atoms with van der Waals surface area (Å²) in [5.74, 6) is -0.773. The summed E-state index contributed by atoms with van der Waals surface area (Å²) in [6.07, 6.45) is 4.16. The summed E-state index contributed by atoms with van der Waals surface area (Å²) in [7, 11) is -3.70. The summed E-state index contributed by atoms with van der Waals surface area (Å²) in [5, 5.41) is 6.84. The number of hydrogen-bond acceptors (Lipinski definition) is 6. The number of rotatable bonds is 7. The average Bonchev–Trinajstić information content (AvgIpc) is 3.04. The highest BCUT2D eigenvalue weighted by Gasteiger charge is 2.27. The minimum atomic E-state index is -3.70. The molecule has 0 bridgehead atoms. The van der Waals surface area contributed by atoms with Crippen molar-refractivity contribution in [3.05, 3.63) is 42.1 Å². The first-order valence-corrected chi connectivity index (χ1v) is 12.3. The predicted molar refractivity (Wildman–Crippen MR) is 120 cm³/mol. The number of aromatic nitrogens is 2. The summed E-state index contributed by atoms with van der Waals surface area (Å²) in [6.45, 7) is 6.26. The monoisotopic (exact) mass is 462 g/mol. The Morgan fingerprint density at radius 3 is 2.41 bits per heavy atom. The van der Waals surface area contributed by atoms with Gasteiger partial charge in [-0.3, -0.25) is 4.79 Å². The number of anilines is 1. The number of benzene rings is 1. The van der Waals surface area contributed by atoms with Crippen molar-refractivity contribution < 1.29 is 22.7 Å². The van der Waals surface area contributed by atoms with Crippen LogP contribution in [0.2, 0.25) is 0 Å². The molecule has 0 saturated carbocycles. The van der Waals surface area contributed by atoms with Gasteiger partial charge in [-0.2, -0.15) is 9.40 Å². The van der Waals surface area contributed by atoms with Gasteiger partial charge in [0.1, 0.15) is 5.82 Å². The quantitative estimate of drug-likeness (QED) is 0.633. The Morgan fingerprint density at radius 2 is 1.75 bits per heavy atom. The van der Waals surface area contributed by atoms with Crippen molar-refractivity contribution in [1.29, 1.82) is 0 Å². The predicted octanol–water partition coefficient (Wildman–Crippen LogP) is 3.21. The molecule has 3 rings (SSSR count). The largest absolute Gasteiger partial charge is 0.449 e. The maximum absolute atomic E-state index is 13.0.